The van der Waals surface area contributed by atoms with Crippen LogP contribution < -0.4 is 0 Å². The number of phenols is 2. The molecule has 2 nitrogen and oxygen atoms in total. The minimum absolute atomic E-state index is 0.358. The molecule has 0 saturated carbocycles. The molecule has 0 saturated heterocycles. The summed E-state index contributed by atoms with van der Waals surface area (Å²) in [6, 6.07) is 20.6. The summed E-state index contributed by atoms with van der Waals surface area (Å²) in [5.74, 6) is 1.53. The van der Waals surface area contributed by atoms with Gasteiger partial charge in [0.25, 0.3) is 0 Å². The van der Waals surface area contributed by atoms with Crippen LogP contribution in [0, 0.1) is 13.8 Å². The Balaban J connectivity index is 1.73. The summed E-state index contributed by atoms with van der Waals surface area (Å²) >= 11 is 0. The van der Waals surface area contributed by atoms with E-state index in [9.17, 15) is 10.2 Å². The minimum Gasteiger partial charge on any atom is -0.508 e. The van der Waals surface area contributed by atoms with Crippen LogP contribution in [-0.4, -0.2) is 10.2 Å². The van der Waals surface area contributed by atoms with Crippen LogP contribution >= 0.6 is 0 Å². The summed E-state index contributed by atoms with van der Waals surface area (Å²) in [7, 11) is 0. The van der Waals surface area contributed by atoms with Gasteiger partial charge in [0.2, 0.25) is 0 Å². The molecule has 0 aliphatic rings. The molecule has 0 radical (unpaired) electrons. The zero-order valence-corrected chi connectivity index (χ0v) is 17.2. The average Bonchev–Trinajstić information content (AvgIpc) is 2.67. The quantitative estimate of drug-likeness (QED) is 0.523. The molecule has 0 bridgehead atoms. The van der Waals surface area contributed by atoms with Crippen molar-refractivity contribution in [3.63, 3.8) is 0 Å². The van der Waals surface area contributed by atoms with Crippen molar-refractivity contribution in [3.05, 3.63) is 94.0 Å². The lowest BCUT2D eigenvalue weighted by atomic mass is 9.88. The Bertz CT molecular complexity index is 884. The Morgan fingerprint density at radius 1 is 0.643 bits per heavy atom. The van der Waals surface area contributed by atoms with Gasteiger partial charge in [-0.1, -0.05) is 62.4 Å². The highest BCUT2D eigenvalue weighted by Gasteiger charge is 2.12. The Labute approximate surface area is 168 Å². The second-order valence-corrected chi connectivity index (χ2v) is 8.12. The normalized spacial score (nSPS) is 13.3. The first-order chi connectivity index (χ1) is 13.3. The van der Waals surface area contributed by atoms with Gasteiger partial charge in [0, 0.05) is 0 Å². The molecule has 0 fully saturated rings. The van der Waals surface area contributed by atoms with Crippen molar-refractivity contribution < 1.29 is 10.2 Å². The Hall–Kier alpha value is -2.74. The Kier molecular flexibility index (Phi) is 6.08. The van der Waals surface area contributed by atoms with Gasteiger partial charge in [-0.2, -0.15) is 0 Å². The minimum atomic E-state index is 0.358. The third kappa shape index (κ3) is 4.75. The number of hydrogen-bond donors (Lipinski definition) is 2. The number of hydrogen-bond acceptors (Lipinski definition) is 2. The van der Waals surface area contributed by atoms with E-state index < -0.39 is 0 Å². The molecule has 146 valence electrons. The zero-order chi connectivity index (χ0) is 20.3. The van der Waals surface area contributed by atoms with Crippen molar-refractivity contribution in [2.24, 2.45) is 0 Å². The van der Waals surface area contributed by atoms with Crippen LogP contribution in [0.25, 0.3) is 0 Å². The number of rotatable bonds is 6. The molecule has 3 aromatic rings. The van der Waals surface area contributed by atoms with E-state index in [4.69, 9.17) is 0 Å². The molecule has 0 aliphatic heterocycles. The maximum absolute atomic E-state index is 9.73. The molecule has 0 amide bonds. The van der Waals surface area contributed by atoms with Gasteiger partial charge in [-0.05, 0) is 84.0 Å². The molecule has 3 aromatic carbocycles. The molecule has 28 heavy (non-hydrogen) atoms. The van der Waals surface area contributed by atoms with Crippen LogP contribution in [0.15, 0.2) is 60.7 Å². The van der Waals surface area contributed by atoms with Crippen molar-refractivity contribution in [1.82, 2.24) is 0 Å². The van der Waals surface area contributed by atoms with E-state index in [0.717, 1.165) is 24.0 Å². The van der Waals surface area contributed by atoms with Crippen molar-refractivity contribution in [2.45, 2.75) is 52.4 Å². The van der Waals surface area contributed by atoms with Crippen molar-refractivity contribution >= 4 is 0 Å². The van der Waals surface area contributed by atoms with Gasteiger partial charge in [-0.3, -0.25) is 0 Å². The predicted octanol–water partition coefficient (Wildman–Crippen LogP) is 6.41. The molecule has 3 rings (SSSR count). The average molecular weight is 375 g/mol. The van der Waals surface area contributed by atoms with E-state index in [-0.39, 0.29) is 0 Å². The van der Waals surface area contributed by atoms with Crippen LogP contribution in [0.3, 0.4) is 0 Å². The lowest BCUT2D eigenvalue weighted by Gasteiger charge is -2.17. The molecular weight excluding hydrogens is 344 g/mol. The zero-order valence-electron chi connectivity index (χ0n) is 17.2. The smallest absolute Gasteiger partial charge is 0.118 e. The molecule has 2 N–H and O–H groups in total. The molecule has 2 atom stereocenters. The summed E-state index contributed by atoms with van der Waals surface area (Å²) in [6.07, 6.45) is 1.91. The third-order valence-corrected chi connectivity index (χ3v) is 5.65. The Morgan fingerprint density at radius 3 is 1.46 bits per heavy atom. The first-order valence-electron chi connectivity index (χ1n) is 10.0. The van der Waals surface area contributed by atoms with Crippen molar-refractivity contribution in [2.75, 3.05) is 0 Å². The molecular formula is C26H30O2. The molecule has 0 spiro atoms. The van der Waals surface area contributed by atoms with Gasteiger partial charge in [-0.15, -0.1) is 0 Å². The van der Waals surface area contributed by atoms with Gasteiger partial charge >= 0.3 is 0 Å². The summed E-state index contributed by atoms with van der Waals surface area (Å²) in [5.41, 5.74) is 7.04. The fourth-order valence-electron chi connectivity index (χ4n) is 3.80. The van der Waals surface area contributed by atoms with Gasteiger partial charge in [-0.25, -0.2) is 0 Å². The van der Waals surface area contributed by atoms with Crippen LogP contribution in [0.2, 0.25) is 0 Å². The highest BCUT2D eigenvalue weighted by Crippen LogP contribution is 2.28. The van der Waals surface area contributed by atoms with Crippen LogP contribution in [0.4, 0.5) is 0 Å². The van der Waals surface area contributed by atoms with E-state index >= 15 is 0 Å². The molecule has 2 heteroatoms. The summed E-state index contributed by atoms with van der Waals surface area (Å²) in [4.78, 5) is 0. The van der Waals surface area contributed by atoms with Crippen LogP contribution in [-0.2, 0) is 12.8 Å². The van der Waals surface area contributed by atoms with E-state index in [1.165, 1.54) is 22.3 Å². The number of phenolic OH excluding ortho intramolecular Hbond substituents is 2. The number of aryl methyl sites for hydroxylation is 2. The Morgan fingerprint density at radius 2 is 1.07 bits per heavy atom. The van der Waals surface area contributed by atoms with E-state index in [2.05, 4.69) is 50.2 Å². The first kappa shape index (κ1) is 20.0. The monoisotopic (exact) mass is 374 g/mol. The predicted molar refractivity (Wildman–Crippen MR) is 116 cm³/mol. The topological polar surface area (TPSA) is 40.5 Å². The maximum Gasteiger partial charge on any atom is 0.118 e. The van der Waals surface area contributed by atoms with Gasteiger partial charge in [0.15, 0.2) is 0 Å². The second-order valence-electron chi connectivity index (χ2n) is 8.12. The van der Waals surface area contributed by atoms with E-state index in [0.29, 0.717) is 23.3 Å². The van der Waals surface area contributed by atoms with Crippen LogP contribution in [0.1, 0.15) is 59.1 Å². The summed E-state index contributed by atoms with van der Waals surface area (Å²) in [6.45, 7) is 8.40. The standard InChI is InChI=1S/C26H30O2/c1-17(12-21-8-10-25(27)19(3)14-21)23-6-5-7-24(16-23)18(2)13-22-9-11-26(28)20(4)15-22/h5-11,14-18,27-28H,12-13H2,1-4H3. The van der Waals surface area contributed by atoms with Crippen LogP contribution in [0.5, 0.6) is 11.5 Å². The lowest BCUT2D eigenvalue weighted by molar-refractivity contribution is 0.470. The summed E-state index contributed by atoms with van der Waals surface area (Å²) < 4.78 is 0. The second kappa shape index (κ2) is 8.52. The highest BCUT2D eigenvalue weighted by molar-refractivity contribution is 5.38. The molecule has 0 aromatic heterocycles. The maximum atomic E-state index is 9.73. The molecule has 0 heterocycles. The van der Waals surface area contributed by atoms with E-state index in [1.807, 2.05) is 26.0 Å². The fraction of sp³-hybridized carbons (Fsp3) is 0.308. The number of benzene rings is 3. The fourth-order valence-corrected chi connectivity index (χ4v) is 3.80. The third-order valence-electron chi connectivity index (χ3n) is 5.65. The summed E-state index contributed by atoms with van der Waals surface area (Å²) in [5, 5.41) is 19.5. The molecule has 2 unspecified atom stereocenters. The van der Waals surface area contributed by atoms with Gasteiger partial charge in [0.05, 0.1) is 0 Å². The molecule has 0 aliphatic carbocycles. The SMILES string of the molecule is Cc1cc(CC(C)c2cccc(C(C)Cc3ccc(O)c(C)c3)c2)ccc1O. The van der Waals surface area contributed by atoms with E-state index in [1.54, 1.807) is 12.1 Å². The van der Waals surface area contributed by atoms with Gasteiger partial charge in [0.1, 0.15) is 11.5 Å². The van der Waals surface area contributed by atoms with Crippen molar-refractivity contribution in [1.29, 1.82) is 0 Å². The first-order valence-corrected chi connectivity index (χ1v) is 10.0. The van der Waals surface area contributed by atoms with Gasteiger partial charge < -0.3 is 10.2 Å². The lowest BCUT2D eigenvalue weighted by Crippen LogP contribution is -2.03. The number of aromatic hydroxyl groups is 2. The largest absolute Gasteiger partial charge is 0.508 e. The van der Waals surface area contributed by atoms with Crippen molar-refractivity contribution in [3.8, 4) is 11.5 Å². The highest BCUT2D eigenvalue weighted by atomic mass is 16.3.